The van der Waals surface area contributed by atoms with Crippen LogP contribution in [0, 0.1) is 0 Å². The second-order valence-corrected chi connectivity index (χ2v) is 9.13. The molecule has 0 bridgehead atoms. The van der Waals surface area contributed by atoms with Crippen LogP contribution in [-0.4, -0.2) is 27.5 Å². The highest BCUT2D eigenvalue weighted by Gasteiger charge is 2.27. The third-order valence-electron chi connectivity index (χ3n) is 4.27. The van der Waals surface area contributed by atoms with Crippen LogP contribution in [0.3, 0.4) is 0 Å². The zero-order chi connectivity index (χ0) is 22.4. The van der Waals surface area contributed by atoms with E-state index in [1.165, 1.54) is 24.3 Å². The summed E-state index contributed by atoms with van der Waals surface area (Å²) in [5.41, 5.74) is 0.706. The summed E-state index contributed by atoms with van der Waals surface area (Å²) in [4.78, 5) is 12.7. The van der Waals surface area contributed by atoms with Crippen LogP contribution in [0.5, 0.6) is 5.75 Å². The normalized spacial score (nSPS) is 11.1. The molecule has 0 atom stereocenters. The maximum absolute atomic E-state index is 13.4. The standard InChI is InChI=1S/C22H20Cl2N2O4S/c1-2-30-18-11-9-17(10-12-18)26(31(28,29)19-13-7-16(23)8-14-19)15-22(27)25-21-6-4-3-5-20(21)24/h3-14H,2,15H2,1H3,(H,25,27). The first-order valence-electron chi connectivity index (χ1n) is 9.37. The van der Waals surface area contributed by atoms with Crippen molar-refractivity contribution in [2.24, 2.45) is 0 Å². The van der Waals surface area contributed by atoms with E-state index in [-0.39, 0.29) is 4.90 Å². The number of rotatable bonds is 8. The van der Waals surface area contributed by atoms with Crippen molar-refractivity contribution in [3.8, 4) is 5.75 Å². The number of hydrogen-bond acceptors (Lipinski definition) is 4. The SMILES string of the molecule is CCOc1ccc(N(CC(=O)Nc2ccccc2Cl)S(=O)(=O)c2ccc(Cl)cc2)cc1. The van der Waals surface area contributed by atoms with Crippen LogP contribution in [0.2, 0.25) is 10.0 Å². The van der Waals surface area contributed by atoms with Gasteiger partial charge in [-0.2, -0.15) is 0 Å². The fraction of sp³-hybridized carbons (Fsp3) is 0.136. The minimum absolute atomic E-state index is 0.0105. The highest BCUT2D eigenvalue weighted by molar-refractivity contribution is 7.92. The highest BCUT2D eigenvalue weighted by atomic mass is 35.5. The number of para-hydroxylation sites is 1. The van der Waals surface area contributed by atoms with Crippen LogP contribution in [0.25, 0.3) is 0 Å². The van der Waals surface area contributed by atoms with Gasteiger partial charge in [0.2, 0.25) is 5.91 Å². The molecule has 0 fully saturated rings. The van der Waals surface area contributed by atoms with E-state index in [0.29, 0.717) is 33.8 Å². The number of halogens is 2. The van der Waals surface area contributed by atoms with E-state index >= 15 is 0 Å². The first-order chi connectivity index (χ1) is 14.8. The van der Waals surface area contributed by atoms with Crippen LogP contribution < -0.4 is 14.4 Å². The molecule has 6 nitrogen and oxygen atoms in total. The Morgan fingerprint density at radius 3 is 2.23 bits per heavy atom. The Kier molecular flexibility index (Phi) is 7.43. The van der Waals surface area contributed by atoms with Crippen LogP contribution in [0.4, 0.5) is 11.4 Å². The van der Waals surface area contributed by atoms with Gasteiger partial charge < -0.3 is 10.1 Å². The van der Waals surface area contributed by atoms with E-state index in [4.69, 9.17) is 27.9 Å². The number of carbonyl (C=O) groups excluding carboxylic acids is 1. The maximum atomic E-state index is 13.4. The zero-order valence-electron chi connectivity index (χ0n) is 16.6. The maximum Gasteiger partial charge on any atom is 0.264 e. The molecule has 0 heterocycles. The van der Waals surface area contributed by atoms with E-state index in [1.54, 1.807) is 48.5 Å². The Balaban J connectivity index is 1.94. The Bertz CT molecular complexity index is 1150. The summed E-state index contributed by atoms with van der Waals surface area (Å²) in [6.45, 7) is 1.88. The van der Waals surface area contributed by atoms with E-state index in [9.17, 15) is 13.2 Å². The summed E-state index contributed by atoms with van der Waals surface area (Å²) in [7, 11) is -4.05. The number of benzene rings is 3. The lowest BCUT2D eigenvalue weighted by Crippen LogP contribution is -2.38. The van der Waals surface area contributed by atoms with Crippen molar-refractivity contribution in [1.29, 1.82) is 0 Å². The smallest absolute Gasteiger partial charge is 0.264 e. The number of sulfonamides is 1. The average Bonchev–Trinajstić information content (AvgIpc) is 2.75. The molecule has 0 saturated carbocycles. The van der Waals surface area contributed by atoms with Crippen molar-refractivity contribution in [3.63, 3.8) is 0 Å². The van der Waals surface area contributed by atoms with Gasteiger partial charge in [-0.3, -0.25) is 9.10 Å². The summed E-state index contributed by atoms with van der Waals surface area (Å²) in [6, 6.07) is 18.9. The molecule has 9 heteroatoms. The van der Waals surface area contributed by atoms with Gasteiger partial charge in [0.05, 0.1) is 27.9 Å². The number of anilines is 2. The van der Waals surface area contributed by atoms with Gasteiger partial charge in [0, 0.05) is 5.02 Å². The Hall–Kier alpha value is -2.74. The molecular weight excluding hydrogens is 459 g/mol. The molecule has 0 spiro atoms. The van der Waals surface area contributed by atoms with Crippen LogP contribution in [0.15, 0.2) is 77.7 Å². The summed E-state index contributed by atoms with van der Waals surface area (Å²) in [5.74, 6) is 0.0510. The predicted molar refractivity (Wildman–Crippen MR) is 124 cm³/mol. The third kappa shape index (κ3) is 5.70. The number of nitrogens with one attached hydrogen (secondary N) is 1. The van der Waals surface area contributed by atoms with Crippen LogP contribution in [-0.2, 0) is 14.8 Å². The molecule has 3 aromatic carbocycles. The molecule has 0 unspecified atom stereocenters. The second-order valence-electron chi connectivity index (χ2n) is 6.42. The Morgan fingerprint density at radius 2 is 1.61 bits per heavy atom. The first kappa shape index (κ1) is 22.9. The summed E-state index contributed by atoms with van der Waals surface area (Å²) >= 11 is 12.0. The van der Waals surface area contributed by atoms with E-state index in [0.717, 1.165) is 4.31 Å². The molecule has 0 aliphatic carbocycles. The summed E-state index contributed by atoms with van der Waals surface area (Å²) in [6.07, 6.45) is 0. The number of hydrogen-bond donors (Lipinski definition) is 1. The lowest BCUT2D eigenvalue weighted by molar-refractivity contribution is -0.114. The number of carbonyl (C=O) groups is 1. The zero-order valence-corrected chi connectivity index (χ0v) is 18.9. The lowest BCUT2D eigenvalue weighted by Gasteiger charge is -2.24. The van der Waals surface area contributed by atoms with Gasteiger partial charge in [-0.25, -0.2) is 8.42 Å². The van der Waals surface area contributed by atoms with Gasteiger partial charge in [0.1, 0.15) is 12.3 Å². The minimum atomic E-state index is -4.05. The van der Waals surface area contributed by atoms with Crippen LogP contribution in [0.1, 0.15) is 6.92 Å². The number of ether oxygens (including phenoxy) is 1. The quantitative estimate of drug-likeness (QED) is 0.480. The molecule has 1 amide bonds. The van der Waals surface area contributed by atoms with E-state index in [1.807, 2.05) is 6.92 Å². The van der Waals surface area contributed by atoms with Gasteiger partial charge in [0.15, 0.2) is 0 Å². The van der Waals surface area contributed by atoms with Gasteiger partial charge >= 0.3 is 0 Å². The summed E-state index contributed by atoms with van der Waals surface area (Å²) < 4.78 is 33.2. The van der Waals surface area contributed by atoms with Gasteiger partial charge in [-0.05, 0) is 67.6 Å². The molecular formula is C22H20Cl2N2O4S. The van der Waals surface area contributed by atoms with Crippen molar-refractivity contribution in [2.75, 3.05) is 22.8 Å². The topological polar surface area (TPSA) is 75.7 Å². The molecule has 3 aromatic rings. The fourth-order valence-corrected chi connectivity index (χ4v) is 4.54. The lowest BCUT2D eigenvalue weighted by atomic mass is 10.3. The first-order valence-corrected chi connectivity index (χ1v) is 11.6. The van der Waals surface area contributed by atoms with Gasteiger partial charge in [-0.15, -0.1) is 0 Å². The average molecular weight is 479 g/mol. The highest BCUT2D eigenvalue weighted by Crippen LogP contribution is 2.27. The Morgan fingerprint density at radius 1 is 0.968 bits per heavy atom. The molecule has 0 saturated heterocycles. The fourth-order valence-electron chi connectivity index (χ4n) is 2.81. The van der Waals surface area contributed by atoms with Crippen molar-refractivity contribution < 1.29 is 17.9 Å². The molecule has 3 rings (SSSR count). The van der Waals surface area contributed by atoms with Crippen molar-refractivity contribution in [1.82, 2.24) is 0 Å². The van der Waals surface area contributed by atoms with Gasteiger partial charge in [0.25, 0.3) is 10.0 Å². The van der Waals surface area contributed by atoms with Gasteiger partial charge in [-0.1, -0.05) is 35.3 Å². The number of nitrogens with zero attached hydrogens (tertiary/aromatic N) is 1. The molecule has 0 aliphatic heterocycles. The van der Waals surface area contributed by atoms with Crippen molar-refractivity contribution >= 4 is 50.5 Å². The van der Waals surface area contributed by atoms with Crippen molar-refractivity contribution in [3.05, 3.63) is 82.8 Å². The summed E-state index contributed by atoms with van der Waals surface area (Å²) in [5, 5.41) is 3.41. The predicted octanol–water partition coefficient (Wildman–Crippen LogP) is 5.23. The molecule has 31 heavy (non-hydrogen) atoms. The molecule has 0 aliphatic rings. The molecule has 162 valence electrons. The largest absolute Gasteiger partial charge is 0.494 e. The van der Waals surface area contributed by atoms with E-state index < -0.39 is 22.5 Å². The van der Waals surface area contributed by atoms with E-state index in [2.05, 4.69) is 5.32 Å². The van der Waals surface area contributed by atoms with Crippen LogP contribution >= 0.6 is 23.2 Å². The minimum Gasteiger partial charge on any atom is -0.494 e. The Labute approximate surface area is 191 Å². The molecule has 0 aromatic heterocycles. The molecule has 0 radical (unpaired) electrons. The monoisotopic (exact) mass is 478 g/mol. The number of amides is 1. The third-order valence-corrected chi connectivity index (χ3v) is 6.64. The molecule has 1 N–H and O–H groups in total. The van der Waals surface area contributed by atoms with Crippen molar-refractivity contribution in [2.45, 2.75) is 11.8 Å². The second kappa shape index (κ2) is 10.0.